The molecule has 0 bridgehead atoms. The average molecular weight is 463 g/mol. The van der Waals surface area contributed by atoms with E-state index >= 15 is 0 Å². The van der Waals surface area contributed by atoms with Crippen LogP contribution in [0, 0.1) is 11.8 Å². The van der Waals surface area contributed by atoms with Crippen molar-refractivity contribution in [3.8, 4) is 23.0 Å². The summed E-state index contributed by atoms with van der Waals surface area (Å²) in [6.07, 6.45) is 3.88. The van der Waals surface area contributed by atoms with Crippen molar-refractivity contribution < 1.29 is 24.2 Å². The van der Waals surface area contributed by atoms with Crippen LogP contribution in [0.2, 0.25) is 0 Å². The Morgan fingerprint density at radius 2 is 1.47 bits per heavy atom. The summed E-state index contributed by atoms with van der Waals surface area (Å²) in [6.45, 7) is 0.768. The van der Waals surface area contributed by atoms with Gasteiger partial charge in [-0.1, -0.05) is 73.7 Å². The number of hydrogen-bond acceptors (Lipinski definition) is 4. The summed E-state index contributed by atoms with van der Waals surface area (Å²) in [5.74, 6) is 3.91. The highest BCUT2D eigenvalue weighted by atomic mass is 16.5. The summed E-state index contributed by atoms with van der Waals surface area (Å²) in [5.41, 5.74) is 4.63. The molecule has 178 valence electrons. The molecular weight excluding hydrogens is 432 g/mol. The van der Waals surface area contributed by atoms with E-state index in [1.54, 1.807) is 0 Å². The lowest BCUT2D eigenvalue weighted by atomic mass is 9.98. The van der Waals surface area contributed by atoms with E-state index in [-0.39, 0.29) is 31.4 Å². The zero-order valence-electron chi connectivity index (χ0n) is 19.1. The Kier molecular flexibility index (Phi) is 9.53. The number of alkyl carbamates (subject to hydrolysis) is 1. The lowest BCUT2D eigenvalue weighted by molar-refractivity contribution is -0.137. The Morgan fingerprint density at radius 1 is 0.853 bits per heavy atom. The Bertz CT molecular complexity index is 1020. The van der Waals surface area contributed by atoms with Crippen molar-refractivity contribution in [1.29, 1.82) is 0 Å². The Hall–Kier alpha value is -3.79. The molecule has 0 saturated carbocycles. The van der Waals surface area contributed by atoms with E-state index in [4.69, 9.17) is 9.84 Å². The van der Waals surface area contributed by atoms with Crippen LogP contribution in [0.25, 0.3) is 11.1 Å². The number of benzene rings is 2. The van der Waals surface area contributed by atoms with Crippen LogP contribution in [0.15, 0.2) is 48.5 Å². The third kappa shape index (κ3) is 7.38. The van der Waals surface area contributed by atoms with Gasteiger partial charge in [0.25, 0.3) is 5.91 Å². The van der Waals surface area contributed by atoms with Gasteiger partial charge in [0.2, 0.25) is 0 Å². The molecule has 7 nitrogen and oxygen atoms in total. The molecule has 2 aromatic rings. The van der Waals surface area contributed by atoms with E-state index in [0.29, 0.717) is 13.0 Å². The van der Waals surface area contributed by atoms with Crippen molar-refractivity contribution in [3.63, 3.8) is 0 Å². The van der Waals surface area contributed by atoms with E-state index in [1.807, 2.05) is 24.3 Å². The topological polar surface area (TPSA) is 105 Å². The first-order valence-electron chi connectivity index (χ1n) is 11.6. The minimum absolute atomic E-state index is 0.00724. The first-order valence-corrected chi connectivity index (χ1v) is 11.6. The Labute approximate surface area is 199 Å². The summed E-state index contributed by atoms with van der Waals surface area (Å²) in [7, 11) is 0. The number of carboxylic acids is 1. The molecule has 0 aromatic heterocycles. The van der Waals surface area contributed by atoms with Crippen molar-refractivity contribution in [2.45, 2.75) is 44.4 Å². The molecule has 0 spiro atoms. The third-order valence-electron chi connectivity index (χ3n) is 5.72. The van der Waals surface area contributed by atoms with Gasteiger partial charge in [0.1, 0.15) is 6.61 Å². The second-order valence-corrected chi connectivity index (χ2v) is 8.15. The van der Waals surface area contributed by atoms with E-state index < -0.39 is 12.1 Å². The molecule has 1 aliphatic carbocycles. The second kappa shape index (κ2) is 13.0. The van der Waals surface area contributed by atoms with Gasteiger partial charge in [-0.05, 0) is 41.0 Å². The molecule has 0 aliphatic heterocycles. The maximum absolute atomic E-state index is 12.1. The number of carboxylic acid groups (broad SMARTS) is 1. The van der Waals surface area contributed by atoms with Gasteiger partial charge in [0, 0.05) is 18.9 Å². The van der Waals surface area contributed by atoms with Crippen LogP contribution in [0.3, 0.4) is 0 Å². The van der Waals surface area contributed by atoms with Gasteiger partial charge >= 0.3 is 12.1 Å². The van der Waals surface area contributed by atoms with Gasteiger partial charge in [-0.25, -0.2) is 4.79 Å². The molecule has 0 radical (unpaired) electrons. The van der Waals surface area contributed by atoms with E-state index in [0.717, 1.165) is 36.8 Å². The van der Waals surface area contributed by atoms with Crippen LogP contribution in [0.4, 0.5) is 4.79 Å². The summed E-state index contributed by atoms with van der Waals surface area (Å²) >= 11 is 0. The highest BCUT2D eigenvalue weighted by Gasteiger charge is 2.28. The van der Waals surface area contributed by atoms with Crippen molar-refractivity contribution in [2.24, 2.45) is 0 Å². The van der Waals surface area contributed by atoms with Crippen LogP contribution >= 0.6 is 0 Å². The monoisotopic (exact) mass is 462 g/mol. The Balaban J connectivity index is 1.31. The Morgan fingerprint density at radius 3 is 2.15 bits per heavy atom. The molecule has 3 N–H and O–H groups in total. The van der Waals surface area contributed by atoms with Gasteiger partial charge in [-0.2, -0.15) is 0 Å². The molecule has 3 rings (SSSR count). The van der Waals surface area contributed by atoms with Crippen molar-refractivity contribution in [1.82, 2.24) is 10.6 Å². The zero-order valence-corrected chi connectivity index (χ0v) is 19.1. The molecule has 0 fully saturated rings. The maximum atomic E-state index is 12.1. The highest BCUT2D eigenvalue weighted by Crippen LogP contribution is 2.44. The molecule has 2 aromatic carbocycles. The van der Waals surface area contributed by atoms with Crippen LogP contribution < -0.4 is 10.6 Å². The van der Waals surface area contributed by atoms with Crippen molar-refractivity contribution in [2.75, 3.05) is 19.7 Å². The van der Waals surface area contributed by atoms with Gasteiger partial charge in [-0.15, -0.1) is 0 Å². The molecule has 0 heterocycles. The minimum atomic E-state index is -0.765. The van der Waals surface area contributed by atoms with E-state index in [9.17, 15) is 14.4 Å². The van der Waals surface area contributed by atoms with Crippen molar-refractivity contribution in [3.05, 3.63) is 59.7 Å². The highest BCUT2D eigenvalue weighted by molar-refractivity contribution is 5.93. The number of carbonyl (C=O) groups is 3. The van der Waals surface area contributed by atoms with E-state index in [2.05, 4.69) is 46.7 Å². The van der Waals surface area contributed by atoms with Gasteiger partial charge < -0.3 is 20.5 Å². The summed E-state index contributed by atoms with van der Waals surface area (Å²) < 4.78 is 5.43. The molecule has 0 unspecified atom stereocenters. The largest absolute Gasteiger partial charge is 0.481 e. The number of hydrogen-bond donors (Lipinski definition) is 3. The molecule has 7 heteroatoms. The fourth-order valence-electron chi connectivity index (χ4n) is 4.07. The molecule has 0 saturated heterocycles. The number of amides is 2. The first kappa shape index (κ1) is 24.8. The standard InChI is InChI=1S/C27H30N2O5/c30-25(28-17-9-3-1-2-4-16-26(31)32)15-10-18-29-27(33)34-19-24-22-13-7-5-11-20(22)21-12-6-8-14-23(21)24/h5-8,11-14,24H,1-4,9,16-19H2,(H,28,30)(H,29,33)(H,31,32). The third-order valence-corrected chi connectivity index (χ3v) is 5.72. The smallest absolute Gasteiger partial charge is 0.407 e. The van der Waals surface area contributed by atoms with Gasteiger partial charge in [0.05, 0.1) is 6.54 Å². The number of ether oxygens (including phenoxy) is 1. The normalized spacial score (nSPS) is 11.5. The van der Waals surface area contributed by atoms with Crippen LogP contribution in [0.5, 0.6) is 0 Å². The lowest BCUT2D eigenvalue weighted by Gasteiger charge is -2.14. The number of fused-ring (bicyclic) bond motifs is 3. The summed E-state index contributed by atoms with van der Waals surface area (Å²) in [5, 5.41) is 13.8. The fraction of sp³-hybridized carbons (Fsp3) is 0.370. The predicted molar refractivity (Wildman–Crippen MR) is 129 cm³/mol. The van der Waals surface area contributed by atoms with Gasteiger partial charge in [0.15, 0.2) is 0 Å². The first-order chi connectivity index (χ1) is 16.6. The quantitative estimate of drug-likeness (QED) is 0.345. The van der Waals surface area contributed by atoms with Gasteiger partial charge in [-0.3, -0.25) is 9.59 Å². The fourth-order valence-corrected chi connectivity index (χ4v) is 4.07. The summed E-state index contributed by atoms with van der Waals surface area (Å²) in [6, 6.07) is 16.3. The van der Waals surface area contributed by atoms with Crippen LogP contribution in [0.1, 0.15) is 55.6 Å². The van der Waals surface area contributed by atoms with Crippen molar-refractivity contribution >= 4 is 18.0 Å². The summed E-state index contributed by atoms with van der Waals surface area (Å²) in [4.78, 5) is 34.3. The molecular formula is C27H30N2O5. The number of nitrogens with one attached hydrogen (secondary N) is 2. The lowest BCUT2D eigenvalue weighted by Crippen LogP contribution is -2.27. The second-order valence-electron chi connectivity index (χ2n) is 8.15. The average Bonchev–Trinajstić information content (AvgIpc) is 3.16. The predicted octanol–water partition coefficient (Wildman–Crippen LogP) is 4.07. The number of rotatable bonds is 11. The van der Waals surface area contributed by atoms with Crippen LogP contribution in [-0.2, 0) is 14.3 Å². The molecule has 2 amide bonds. The molecule has 0 atom stereocenters. The molecule has 1 aliphatic rings. The number of carbonyl (C=O) groups excluding carboxylic acids is 2. The SMILES string of the molecule is O=C(O)CCCCCCCNC(=O)C#CCNC(=O)OCC1c2ccccc2-c2ccccc21. The maximum Gasteiger partial charge on any atom is 0.407 e. The number of aliphatic carboxylic acids is 1. The minimum Gasteiger partial charge on any atom is -0.481 e. The van der Waals surface area contributed by atoms with E-state index in [1.165, 1.54) is 11.1 Å². The van der Waals surface area contributed by atoms with Crippen LogP contribution in [-0.4, -0.2) is 42.8 Å². The zero-order chi connectivity index (χ0) is 24.2. The molecule has 34 heavy (non-hydrogen) atoms. The number of unbranched alkanes of at least 4 members (excludes halogenated alkanes) is 4.